The van der Waals surface area contributed by atoms with Crippen molar-refractivity contribution in [3.63, 3.8) is 0 Å². The van der Waals surface area contributed by atoms with Crippen molar-refractivity contribution >= 4 is 11.9 Å². The zero-order valence-corrected chi connectivity index (χ0v) is 28.2. The average molecular weight is 617 g/mol. The number of rotatable bonds is 29. The Morgan fingerprint density at radius 3 is 1.89 bits per heavy atom. The SMILES string of the molecule is CC/C=C\C/C=C\CC(O)/C=C/C=C\C/C=C\CCCC(=O)OC[C@@H](O)COC(=O)CCCCCCCCCCC(C)CC. The molecule has 0 aliphatic carbocycles. The molecule has 0 fully saturated rings. The first kappa shape index (κ1) is 41.6. The molecule has 0 aromatic carbocycles. The number of carbonyl (C=O) groups excluding carboxylic acids is 2. The van der Waals surface area contributed by atoms with Crippen molar-refractivity contribution in [2.75, 3.05) is 13.2 Å². The largest absolute Gasteiger partial charge is 0.463 e. The molecule has 0 saturated carbocycles. The van der Waals surface area contributed by atoms with Crippen LogP contribution >= 0.6 is 0 Å². The maximum atomic E-state index is 11.9. The third-order valence-corrected chi connectivity index (χ3v) is 7.39. The number of aliphatic hydroxyl groups excluding tert-OH is 2. The molecule has 0 saturated heterocycles. The molecule has 6 heteroatoms. The minimum Gasteiger partial charge on any atom is -0.463 e. The lowest BCUT2D eigenvalue weighted by atomic mass is 9.99. The molecule has 6 nitrogen and oxygen atoms in total. The van der Waals surface area contributed by atoms with Gasteiger partial charge < -0.3 is 19.7 Å². The van der Waals surface area contributed by atoms with Gasteiger partial charge in [-0.1, -0.05) is 139 Å². The first-order valence-corrected chi connectivity index (χ1v) is 17.3. The van der Waals surface area contributed by atoms with Crippen LogP contribution in [0.1, 0.15) is 136 Å². The first-order chi connectivity index (χ1) is 21.4. The summed E-state index contributed by atoms with van der Waals surface area (Å²) in [4.78, 5) is 23.8. The van der Waals surface area contributed by atoms with Gasteiger partial charge in [-0.15, -0.1) is 0 Å². The van der Waals surface area contributed by atoms with Crippen LogP contribution in [0.4, 0.5) is 0 Å². The van der Waals surface area contributed by atoms with E-state index in [4.69, 9.17) is 9.47 Å². The van der Waals surface area contributed by atoms with Gasteiger partial charge in [-0.05, 0) is 50.9 Å². The van der Waals surface area contributed by atoms with Crippen molar-refractivity contribution in [2.45, 2.75) is 149 Å². The summed E-state index contributed by atoms with van der Waals surface area (Å²) >= 11 is 0. The van der Waals surface area contributed by atoms with Crippen LogP contribution in [0.5, 0.6) is 0 Å². The third-order valence-electron chi connectivity index (χ3n) is 7.39. The van der Waals surface area contributed by atoms with Crippen LogP contribution in [-0.4, -0.2) is 47.6 Å². The highest BCUT2D eigenvalue weighted by atomic mass is 16.6. The Balaban J connectivity index is 3.67. The number of esters is 2. The minimum atomic E-state index is -1.01. The number of allylic oxidation sites excluding steroid dienone is 8. The Kier molecular flexibility index (Phi) is 30.2. The van der Waals surface area contributed by atoms with Crippen LogP contribution in [-0.2, 0) is 19.1 Å². The van der Waals surface area contributed by atoms with Crippen molar-refractivity contribution in [3.8, 4) is 0 Å². The predicted octanol–water partition coefficient (Wildman–Crippen LogP) is 9.27. The molecule has 0 heterocycles. The van der Waals surface area contributed by atoms with E-state index in [2.05, 4.69) is 39.0 Å². The van der Waals surface area contributed by atoms with E-state index in [0.29, 0.717) is 19.3 Å². The summed E-state index contributed by atoms with van der Waals surface area (Å²) < 4.78 is 10.2. The van der Waals surface area contributed by atoms with E-state index in [0.717, 1.165) is 50.9 Å². The molecule has 0 amide bonds. The second-order valence-corrected chi connectivity index (χ2v) is 11.7. The van der Waals surface area contributed by atoms with E-state index in [-0.39, 0.29) is 31.6 Å². The number of hydrogen-bond donors (Lipinski definition) is 2. The fraction of sp³-hybridized carbons (Fsp3) is 0.684. The van der Waals surface area contributed by atoms with Crippen LogP contribution in [0.15, 0.2) is 60.8 Å². The molecule has 0 aliphatic heterocycles. The zero-order valence-electron chi connectivity index (χ0n) is 28.2. The van der Waals surface area contributed by atoms with Gasteiger partial charge >= 0.3 is 11.9 Å². The standard InChI is InChI=1S/C38H64O6/c1-4-6-7-8-18-23-28-35(39)29-24-19-14-10-12-16-21-26-31-38(42)44-33-36(40)32-43-37(41)30-25-20-15-11-9-13-17-22-27-34(3)5-2/h6-7,12,14,16,18-19,23-24,29,34-36,39-40H,4-5,8-11,13,15,17,20-22,25-28,30-33H2,1-3H3/b7-6-,16-12-,19-14-,23-18-,29-24+/t34?,35?,36-/m0/s1. The van der Waals surface area contributed by atoms with Crippen LogP contribution in [0.2, 0.25) is 0 Å². The Morgan fingerprint density at radius 1 is 0.659 bits per heavy atom. The van der Waals surface area contributed by atoms with E-state index >= 15 is 0 Å². The lowest BCUT2D eigenvalue weighted by Crippen LogP contribution is -2.25. The lowest BCUT2D eigenvalue weighted by Gasteiger charge is -2.12. The number of hydrogen-bond acceptors (Lipinski definition) is 6. The van der Waals surface area contributed by atoms with Crippen LogP contribution < -0.4 is 0 Å². The summed E-state index contributed by atoms with van der Waals surface area (Å²) in [6.45, 7) is 6.37. The second kappa shape index (κ2) is 32.0. The van der Waals surface area contributed by atoms with Gasteiger partial charge in [0.2, 0.25) is 0 Å². The van der Waals surface area contributed by atoms with Crippen LogP contribution in [0.3, 0.4) is 0 Å². The molecular formula is C38H64O6. The van der Waals surface area contributed by atoms with Crippen LogP contribution in [0, 0.1) is 5.92 Å². The van der Waals surface area contributed by atoms with Crippen molar-refractivity contribution in [1.29, 1.82) is 0 Å². The van der Waals surface area contributed by atoms with Gasteiger partial charge in [0.1, 0.15) is 19.3 Å². The van der Waals surface area contributed by atoms with Crippen LogP contribution in [0.25, 0.3) is 0 Å². The van der Waals surface area contributed by atoms with Gasteiger partial charge in [0.15, 0.2) is 0 Å². The fourth-order valence-electron chi connectivity index (χ4n) is 4.36. The van der Waals surface area contributed by atoms with Crippen molar-refractivity contribution in [2.24, 2.45) is 5.92 Å². The van der Waals surface area contributed by atoms with Crippen molar-refractivity contribution in [3.05, 3.63) is 60.8 Å². The molecule has 44 heavy (non-hydrogen) atoms. The molecule has 252 valence electrons. The second-order valence-electron chi connectivity index (χ2n) is 11.7. The predicted molar refractivity (Wildman–Crippen MR) is 183 cm³/mol. The minimum absolute atomic E-state index is 0.152. The molecule has 0 bridgehead atoms. The monoisotopic (exact) mass is 616 g/mol. The van der Waals surface area contributed by atoms with Gasteiger partial charge in [0.25, 0.3) is 0 Å². The van der Waals surface area contributed by atoms with Gasteiger partial charge in [0.05, 0.1) is 6.10 Å². The van der Waals surface area contributed by atoms with Gasteiger partial charge in [-0.25, -0.2) is 0 Å². The van der Waals surface area contributed by atoms with Gasteiger partial charge in [-0.3, -0.25) is 9.59 Å². The molecule has 0 radical (unpaired) electrons. The zero-order chi connectivity index (χ0) is 32.5. The highest BCUT2D eigenvalue weighted by Gasteiger charge is 2.12. The summed E-state index contributed by atoms with van der Waals surface area (Å²) in [7, 11) is 0. The number of aliphatic hydroxyl groups is 2. The smallest absolute Gasteiger partial charge is 0.305 e. The lowest BCUT2D eigenvalue weighted by molar-refractivity contribution is -0.152. The molecule has 0 aromatic heterocycles. The maximum Gasteiger partial charge on any atom is 0.305 e. The Morgan fingerprint density at radius 2 is 1.23 bits per heavy atom. The molecular weight excluding hydrogens is 552 g/mol. The third kappa shape index (κ3) is 31.0. The summed E-state index contributed by atoms with van der Waals surface area (Å²) in [5.74, 6) is 0.173. The molecule has 0 spiro atoms. The number of ether oxygens (including phenoxy) is 2. The topological polar surface area (TPSA) is 93.1 Å². The summed E-state index contributed by atoms with van der Waals surface area (Å²) in [6, 6.07) is 0. The van der Waals surface area contributed by atoms with E-state index in [1.165, 1.54) is 44.9 Å². The molecule has 2 N–H and O–H groups in total. The van der Waals surface area contributed by atoms with Crippen molar-refractivity contribution < 1.29 is 29.3 Å². The van der Waals surface area contributed by atoms with E-state index in [9.17, 15) is 19.8 Å². The summed E-state index contributed by atoms with van der Waals surface area (Å²) in [5.41, 5.74) is 0. The molecule has 3 atom stereocenters. The number of carbonyl (C=O) groups is 2. The number of unbranched alkanes of at least 4 members (excludes halogenated alkanes) is 8. The normalized spacial score (nSPS) is 14.4. The fourth-order valence-corrected chi connectivity index (χ4v) is 4.36. The Hall–Kier alpha value is -2.44. The van der Waals surface area contributed by atoms with E-state index in [1.54, 1.807) is 6.08 Å². The Labute approximate surface area is 269 Å². The first-order valence-electron chi connectivity index (χ1n) is 17.3. The highest BCUT2D eigenvalue weighted by Crippen LogP contribution is 2.15. The van der Waals surface area contributed by atoms with E-state index < -0.39 is 12.2 Å². The quantitative estimate of drug-likeness (QED) is 0.0377. The molecule has 0 rings (SSSR count). The van der Waals surface area contributed by atoms with Gasteiger partial charge in [-0.2, -0.15) is 0 Å². The van der Waals surface area contributed by atoms with Crippen molar-refractivity contribution in [1.82, 2.24) is 0 Å². The average Bonchev–Trinajstić information content (AvgIpc) is 3.02. The summed E-state index contributed by atoms with van der Waals surface area (Å²) in [5, 5.41) is 19.9. The molecule has 2 unspecified atom stereocenters. The van der Waals surface area contributed by atoms with E-state index in [1.807, 2.05) is 36.5 Å². The molecule has 0 aromatic rings. The maximum absolute atomic E-state index is 11.9. The highest BCUT2D eigenvalue weighted by molar-refractivity contribution is 5.69. The Bertz CT molecular complexity index is 825. The summed E-state index contributed by atoms with van der Waals surface area (Å²) in [6.07, 6.45) is 35.9. The van der Waals surface area contributed by atoms with Gasteiger partial charge in [0, 0.05) is 12.8 Å². The molecule has 0 aliphatic rings.